The van der Waals surface area contributed by atoms with Crippen LogP contribution in [-0.4, -0.2) is 50.9 Å². The van der Waals surface area contributed by atoms with E-state index < -0.39 is 28.5 Å². The summed E-state index contributed by atoms with van der Waals surface area (Å²) in [5.41, 5.74) is 2.83. The van der Waals surface area contributed by atoms with E-state index in [2.05, 4.69) is 5.32 Å². The van der Waals surface area contributed by atoms with Crippen molar-refractivity contribution in [3.63, 3.8) is 0 Å². The molecule has 0 saturated heterocycles. The molecule has 0 unspecified atom stereocenters. The summed E-state index contributed by atoms with van der Waals surface area (Å²) in [6, 6.07) is 17.7. The normalized spacial score (nSPS) is 12.7. The van der Waals surface area contributed by atoms with Crippen molar-refractivity contribution >= 4 is 39.1 Å². The number of benzene rings is 3. The number of ether oxygens (including phenoxy) is 1. The first-order valence-corrected chi connectivity index (χ1v) is 15.8. The maximum atomic E-state index is 14.3. The third kappa shape index (κ3) is 8.04. The molecule has 0 radical (unpaired) electrons. The third-order valence-corrected chi connectivity index (χ3v) is 9.13. The van der Waals surface area contributed by atoms with Gasteiger partial charge in [0.25, 0.3) is 10.0 Å². The molecule has 3 rings (SSSR count). The lowest BCUT2D eigenvalue weighted by atomic mass is 10.1. The number of carbonyl (C=O) groups is 2. The van der Waals surface area contributed by atoms with E-state index >= 15 is 0 Å². The van der Waals surface area contributed by atoms with E-state index in [1.54, 1.807) is 24.3 Å². The number of nitrogens with one attached hydrogen (secondary N) is 1. The van der Waals surface area contributed by atoms with Gasteiger partial charge in [0.1, 0.15) is 18.3 Å². The summed E-state index contributed by atoms with van der Waals surface area (Å²) in [4.78, 5) is 29.2. The fourth-order valence-electron chi connectivity index (χ4n) is 4.58. The summed E-state index contributed by atoms with van der Waals surface area (Å²) < 4.78 is 34.7. The second-order valence-electron chi connectivity index (χ2n) is 10.4. The van der Waals surface area contributed by atoms with Crippen molar-refractivity contribution in [1.82, 2.24) is 10.2 Å². The molecular formula is C32H40ClN3O5S. The first kappa shape index (κ1) is 32.9. The quantitative estimate of drug-likeness (QED) is 0.260. The van der Waals surface area contributed by atoms with Crippen LogP contribution < -0.4 is 14.4 Å². The van der Waals surface area contributed by atoms with Crippen LogP contribution in [-0.2, 0) is 26.2 Å². The number of methoxy groups -OCH3 is 1. The number of rotatable bonds is 13. The van der Waals surface area contributed by atoms with Crippen LogP contribution in [0.5, 0.6) is 5.75 Å². The summed E-state index contributed by atoms with van der Waals surface area (Å²) in [6.45, 7) is 9.05. The number of amides is 2. The van der Waals surface area contributed by atoms with Crippen LogP contribution in [0.3, 0.4) is 0 Å². The van der Waals surface area contributed by atoms with E-state index in [4.69, 9.17) is 16.3 Å². The molecule has 0 heterocycles. The van der Waals surface area contributed by atoms with Crippen LogP contribution in [0.2, 0.25) is 5.02 Å². The molecule has 0 bridgehead atoms. The first-order valence-electron chi connectivity index (χ1n) is 14.0. The lowest BCUT2D eigenvalue weighted by molar-refractivity contribution is -0.140. The van der Waals surface area contributed by atoms with Gasteiger partial charge in [-0.2, -0.15) is 0 Å². The Labute approximate surface area is 254 Å². The molecule has 3 aromatic carbocycles. The predicted molar refractivity (Wildman–Crippen MR) is 167 cm³/mol. The summed E-state index contributed by atoms with van der Waals surface area (Å²) in [7, 11) is -2.84. The highest BCUT2D eigenvalue weighted by Gasteiger charge is 2.35. The van der Waals surface area contributed by atoms with Crippen molar-refractivity contribution < 1.29 is 22.7 Å². The van der Waals surface area contributed by atoms with E-state index in [0.29, 0.717) is 6.42 Å². The monoisotopic (exact) mass is 613 g/mol. The van der Waals surface area contributed by atoms with Crippen LogP contribution in [0.15, 0.2) is 71.6 Å². The van der Waals surface area contributed by atoms with Gasteiger partial charge in [0.15, 0.2) is 0 Å². The molecule has 0 aliphatic rings. The average molecular weight is 614 g/mol. The Morgan fingerprint density at radius 3 is 2.24 bits per heavy atom. The minimum Gasteiger partial charge on any atom is -0.495 e. The van der Waals surface area contributed by atoms with E-state index in [1.165, 1.54) is 30.2 Å². The van der Waals surface area contributed by atoms with Gasteiger partial charge in [0, 0.05) is 17.6 Å². The maximum absolute atomic E-state index is 14.3. The molecule has 226 valence electrons. The molecule has 0 aliphatic heterocycles. The number of anilines is 1. The minimum atomic E-state index is -4.26. The van der Waals surface area contributed by atoms with E-state index in [-0.39, 0.29) is 39.8 Å². The molecule has 3 aromatic rings. The van der Waals surface area contributed by atoms with Gasteiger partial charge in [-0.3, -0.25) is 13.9 Å². The van der Waals surface area contributed by atoms with Crippen LogP contribution >= 0.6 is 11.6 Å². The Morgan fingerprint density at radius 1 is 0.952 bits per heavy atom. The van der Waals surface area contributed by atoms with Gasteiger partial charge in [0.05, 0.1) is 17.7 Å². The number of carbonyl (C=O) groups excluding carboxylic acids is 2. The standard InChI is InChI=1S/C32H40ClN3O5S/c1-7-24(5)34-32(38)28(8-2)35(20-25-11-9-10-23(4)18-25)31(37)21-36(29-19-26(33)14-17-30(29)41-6)42(39,40)27-15-12-22(3)13-16-27/h9-19,24,28H,7-8,20-21H2,1-6H3,(H,34,38)/t24-,28+/m0/s1. The van der Waals surface area contributed by atoms with Gasteiger partial charge in [0.2, 0.25) is 11.8 Å². The highest BCUT2D eigenvalue weighted by atomic mass is 35.5. The maximum Gasteiger partial charge on any atom is 0.264 e. The van der Waals surface area contributed by atoms with Gasteiger partial charge >= 0.3 is 0 Å². The largest absolute Gasteiger partial charge is 0.495 e. The van der Waals surface area contributed by atoms with Crippen LogP contribution in [0.25, 0.3) is 0 Å². The lowest BCUT2D eigenvalue weighted by Crippen LogP contribution is -2.53. The van der Waals surface area contributed by atoms with Crippen molar-refractivity contribution in [2.45, 2.75) is 71.0 Å². The van der Waals surface area contributed by atoms with Gasteiger partial charge in [-0.05, 0) is 69.5 Å². The smallest absolute Gasteiger partial charge is 0.264 e. The second kappa shape index (κ2) is 14.6. The Balaban J connectivity index is 2.13. The molecule has 2 atom stereocenters. The molecule has 0 aliphatic carbocycles. The molecule has 0 aromatic heterocycles. The summed E-state index contributed by atoms with van der Waals surface area (Å²) in [5.74, 6) is -0.601. The van der Waals surface area contributed by atoms with E-state index in [9.17, 15) is 18.0 Å². The summed E-state index contributed by atoms with van der Waals surface area (Å²) in [6.07, 6.45) is 1.07. The molecule has 2 amide bonds. The molecule has 0 fully saturated rings. The molecule has 1 N–H and O–H groups in total. The molecule has 0 spiro atoms. The number of sulfonamides is 1. The molecular weight excluding hydrogens is 574 g/mol. The van der Waals surface area contributed by atoms with Crippen molar-refractivity contribution in [3.8, 4) is 5.75 Å². The number of halogens is 1. The van der Waals surface area contributed by atoms with Gasteiger partial charge < -0.3 is 15.0 Å². The number of nitrogens with zero attached hydrogens (tertiary/aromatic N) is 2. The fraction of sp³-hybridized carbons (Fsp3) is 0.375. The summed E-state index contributed by atoms with van der Waals surface area (Å²) in [5, 5.41) is 3.26. The zero-order valence-electron chi connectivity index (χ0n) is 25.1. The van der Waals surface area contributed by atoms with Gasteiger partial charge in [-0.25, -0.2) is 8.42 Å². The van der Waals surface area contributed by atoms with Gasteiger partial charge in [-0.15, -0.1) is 0 Å². The second-order valence-corrected chi connectivity index (χ2v) is 12.7. The first-order chi connectivity index (χ1) is 19.9. The molecule has 42 heavy (non-hydrogen) atoms. The summed E-state index contributed by atoms with van der Waals surface area (Å²) >= 11 is 6.31. The number of hydrogen-bond acceptors (Lipinski definition) is 5. The van der Waals surface area contributed by atoms with Crippen LogP contribution in [0.4, 0.5) is 5.69 Å². The number of aryl methyl sites for hydroxylation is 2. The van der Waals surface area contributed by atoms with Crippen LogP contribution in [0, 0.1) is 13.8 Å². The van der Waals surface area contributed by atoms with Crippen molar-refractivity contribution in [3.05, 3.63) is 88.4 Å². The zero-order valence-corrected chi connectivity index (χ0v) is 26.6. The molecule has 10 heteroatoms. The van der Waals surface area contributed by atoms with E-state index in [1.807, 2.05) is 58.9 Å². The minimum absolute atomic E-state index is 0.00900. The molecule has 0 saturated carbocycles. The van der Waals surface area contributed by atoms with Crippen molar-refractivity contribution in [1.29, 1.82) is 0 Å². The topological polar surface area (TPSA) is 96.0 Å². The predicted octanol–water partition coefficient (Wildman–Crippen LogP) is 5.88. The Bertz CT molecular complexity index is 1490. The van der Waals surface area contributed by atoms with Crippen molar-refractivity contribution in [2.75, 3.05) is 18.0 Å². The lowest BCUT2D eigenvalue weighted by Gasteiger charge is -2.34. The van der Waals surface area contributed by atoms with E-state index in [0.717, 1.165) is 27.4 Å². The molecule has 8 nitrogen and oxygen atoms in total. The Hall–Kier alpha value is -3.56. The Kier molecular flexibility index (Phi) is 11.4. The average Bonchev–Trinajstić information content (AvgIpc) is 2.95. The van der Waals surface area contributed by atoms with Gasteiger partial charge in [-0.1, -0.05) is 73.0 Å². The van der Waals surface area contributed by atoms with Crippen molar-refractivity contribution in [2.24, 2.45) is 0 Å². The highest BCUT2D eigenvalue weighted by molar-refractivity contribution is 7.92. The third-order valence-electron chi connectivity index (χ3n) is 7.12. The number of hydrogen-bond donors (Lipinski definition) is 1. The zero-order chi connectivity index (χ0) is 31.0. The SMILES string of the molecule is CC[C@H](C(=O)N[C@@H](C)CC)N(Cc1cccc(C)c1)C(=O)CN(c1cc(Cl)ccc1OC)S(=O)(=O)c1ccc(C)cc1. The highest BCUT2D eigenvalue weighted by Crippen LogP contribution is 2.35. The fourth-order valence-corrected chi connectivity index (χ4v) is 6.16. The van der Waals surface area contributed by atoms with Crippen LogP contribution in [0.1, 0.15) is 50.3 Å². The Morgan fingerprint density at radius 2 is 1.64 bits per heavy atom.